The van der Waals surface area contributed by atoms with E-state index in [4.69, 9.17) is 10.6 Å². The van der Waals surface area contributed by atoms with Gasteiger partial charge in [0.05, 0.1) is 5.69 Å². The minimum Gasteiger partial charge on any atom is -0.437 e. The van der Waals surface area contributed by atoms with Gasteiger partial charge >= 0.3 is 0 Å². The highest BCUT2D eigenvalue weighted by Gasteiger charge is 2.07. The fourth-order valence-electron chi connectivity index (χ4n) is 1.43. The van der Waals surface area contributed by atoms with Crippen LogP contribution in [0.2, 0.25) is 0 Å². The fourth-order valence-corrected chi connectivity index (χ4v) is 1.43. The van der Waals surface area contributed by atoms with Gasteiger partial charge in [0.25, 0.3) is 0 Å². The summed E-state index contributed by atoms with van der Waals surface area (Å²) in [4.78, 5) is 19.0. The van der Waals surface area contributed by atoms with E-state index in [0.717, 1.165) is 0 Å². The Labute approximate surface area is 109 Å². The molecule has 0 unspecified atom stereocenters. The van der Waals surface area contributed by atoms with Gasteiger partial charge in [-0.15, -0.1) is 0 Å². The number of para-hydroxylation sites is 2. The van der Waals surface area contributed by atoms with Crippen molar-refractivity contribution in [2.45, 2.75) is 6.92 Å². The molecule has 0 aliphatic carbocycles. The first-order chi connectivity index (χ1) is 9.19. The number of benzene rings is 1. The van der Waals surface area contributed by atoms with Crippen molar-refractivity contribution in [3.8, 4) is 11.6 Å². The van der Waals surface area contributed by atoms with E-state index in [1.165, 1.54) is 13.1 Å². The largest absolute Gasteiger partial charge is 0.437 e. The van der Waals surface area contributed by atoms with Crippen molar-refractivity contribution in [2.75, 3.05) is 10.7 Å². The summed E-state index contributed by atoms with van der Waals surface area (Å²) in [5.41, 5.74) is 2.89. The zero-order chi connectivity index (χ0) is 13.7. The number of hydrogen-bond donors (Lipinski definition) is 3. The van der Waals surface area contributed by atoms with Crippen LogP contribution < -0.4 is 21.3 Å². The average Bonchev–Trinajstić information content (AvgIpc) is 2.41. The summed E-state index contributed by atoms with van der Waals surface area (Å²) in [7, 11) is 0. The Balaban J connectivity index is 2.24. The first-order valence-corrected chi connectivity index (χ1v) is 5.53. The zero-order valence-electron chi connectivity index (χ0n) is 10.3. The number of hydrazine groups is 1. The minimum atomic E-state index is -0.178. The molecule has 2 aromatic rings. The lowest BCUT2D eigenvalue weighted by Crippen LogP contribution is -2.10. The number of nitrogen functional groups attached to an aromatic ring is 1. The molecule has 98 valence electrons. The Hall–Kier alpha value is -2.67. The summed E-state index contributed by atoms with van der Waals surface area (Å²) >= 11 is 0. The molecule has 0 aliphatic rings. The number of carbonyl (C=O) groups is 1. The summed E-state index contributed by atoms with van der Waals surface area (Å²) in [6.45, 7) is 1.43. The quantitative estimate of drug-likeness (QED) is 0.568. The van der Waals surface area contributed by atoms with Crippen LogP contribution in [0.1, 0.15) is 6.92 Å². The lowest BCUT2D eigenvalue weighted by Gasteiger charge is -2.10. The highest BCUT2D eigenvalue weighted by atomic mass is 16.5. The maximum Gasteiger partial charge on any atom is 0.240 e. The van der Waals surface area contributed by atoms with Crippen molar-refractivity contribution in [1.29, 1.82) is 0 Å². The van der Waals surface area contributed by atoms with Crippen LogP contribution in [0.3, 0.4) is 0 Å². The number of carbonyl (C=O) groups excluding carboxylic acids is 1. The van der Waals surface area contributed by atoms with Crippen LogP contribution in [0.15, 0.2) is 36.5 Å². The van der Waals surface area contributed by atoms with Gasteiger partial charge in [0.15, 0.2) is 5.75 Å². The number of nitrogens with zero attached hydrogens (tertiary/aromatic N) is 2. The maximum absolute atomic E-state index is 11.1. The second-order valence-electron chi connectivity index (χ2n) is 3.64. The Kier molecular flexibility index (Phi) is 3.89. The molecule has 0 spiro atoms. The van der Waals surface area contributed by atoms with E-state index >= 15 is 0 Å². The third-order valence-electron chi connectivity index (χ3n) is 2.17. The van der Waals surface area contributed by atoms with Crippen molar-refractivity contribution in [3.05, 3.63) is 36.5 Å². The summed E-state index contributed by atoms with van der Waals surface area (Å²) in [5.74, 6) is 6.09. The lowest BCUT2D eigenvalue weighted by atomic mass is 10.3. The van der Waals surface area contributed by atoms with Gasteiger partial charge in [-0.2, -0.15) is 4.98 Å². The Morgan fingerprint density at radius 2 is 2.11 bits per heavy atom. The van der Waals surface area contributed by atoms with Crippen LogP contribution in [0.5, 0.6) is 11.6 Å². The van der Waals surface area contributed by atoms with Crippen molar-refractivity contribution < 1.29 is 9.53 Å². The molecule has 0 saturated carbocycles. The molecule has 7 nitrogen and oxygen atoms in total. The van der Waals surface area contributed by atoms with Gasteiger partial charge < -0.3 is 10.1 Å². The Bertz CT molecular complexity index is 588. The summed E-state index contributed by atoms with van der Waals surface area (Å²) in [6.07, 6.45) is 1.51. The number of nitrogens with two attached hydrogens (primary N) is 1. The van der Waals surface area contributed by atoms with Crippen LogP contribution >= 0.6 is 0 Å². The fraction of sp³-hybridized carbons (Fsp3) is 0.0833. The number of anilines is 2. The SMILES string of the molecule is CC(=O)Nc1ccccc1Oc1ccnc(NN)n1. The first-order valence-electron chi connectivity index (χ1n) is 5.53. The van der Waals surface area contributed by atoms with Gasteiger partial charge in [-0.25, -0.2) is 10.8 Å². The molecule has 0 radical (unpaired) electrons. The van der Waals surface area contributed by atoms with Gasteiger partial charge in [0.1, 0.15) is 0 Å². The predicted octanol–water partition coefficient (Wildman–Crippen LogP) is 1.51. The lowest BCUT2D eigenvalue weighted by molar-refractivity contribution is -0.114. The molecule has 4 N–H and O–H groups in total. The van der Waals surface area contributed by atoms with E-state index in [9.17, 15) is 4.79 Å². The Morgan fingerprint density at radius 3 is 2.84 bits per heavy atom. The number of rotatable bonds is 4. The van der Waals surface area contributed by atoms with Crippen LogP contribution in [0.25, 0.3) is 0 Å². The van der Waals surface area contributed by atoms with Gasteiger partial charge in [-0.05, 0) is 12.1 Å². The molecule has 1 aromatic heterocycles. The molecule has 1 aromatic carbocycles. The molecule has 0 atom stereocenters. The van der Waals surface area contributed by atoms with Crippen LogP contribution in [-0.4, -0.2) is 15.9 Å². The van der Waals surface area contributed by atoms with Gasteiger partial charge in [-0.3, -0.25) is 10.2 Å². The van der Waals surface area contributed by atoms with Crippen molar-refractivity contribution in [3.63, 3.8) is 0 Å². The molecule has 7 heteroatoms. The molecule has 0 fully saturated rings. The van der Waals surface area contributed by atoms with E-state index in [-0.39, 0.29) is 11.9 Å². The number of nitrogens with one attached hydrogen (secondary N) is 2. The predicted molar refractivity (Wildman–Crippen MR) is 70.7 cm³/mol. The third-order valence-corrected chi connectivity index (χ3v) is 2.17. The van der Waals surface area contributed by atoms with Crippen LogP contribution in [0, 0.1) is 0 Å². The second kappa shape index (κ2) is 5.78. The maximum atomic E-state index is 11.1. The third kappa shape index (κ3) is 3.39. The van der Waals surface area contributed by atoms with E-state index in [1.54, 1.807) is 30.3 Å². The molecule has 1 heterocycles. The van der Waals surface area contributed by atoms with E-state index in [1.807, 2.05) is 0 Å². The van der Waals surface area contributed by atoms with Crippen molar-refractivity contribution in [1.82, 2.24) is 9.97 Å². The van der Waals surface area contributed by atoms with Gasteiger partial charge in [-0.1, -0.05) is 12.1 Å². The molecule has 2 rings (SSSR count). The normalized spacial score (nSPS) is 9.79. The van der Waals surface area contributed by atoms with Crippen LogP contribution in [-0.2, 0) is 4.79 Å². The topological polar surface area (TPSA) is 102 Å². The molecule has 1 amide bonds. The van der Waals surface area contributed by atoms with Gasteiger partial charge in [0, 0.05) is 19.2 Å². The zero-order valence-corrected chi connectivity index (χ0v) is 10.3. The van der Waals surface area contributed by atoms with E-state index < -0.39 is 0 Å². The van der Waals surface area contributed by atoms with Crippen LogP contribution in [0.4, 0.5) is 11.6 Å². The van der Waals surface area contributed by atoms with Crippen molar-refractivity contribution >= 4 is 17.5 Å². The highest BCUT2D eigenvalue weighted by Crippen LogP contribution is 2.28. The highest BCUT2D eigenvalue weighted by molar-refractivity contribution is 5.90. The molecular weight excluding hydrogens is 246 g/mol. The standard InChI is InChI=1S/C12H13N5O2/c1-8(18)15-9-4-2-3-5-10(9)19-11-6-7-14-12(16-11)17-13/h2-7H,13H2,1H3,(H,15,18)(H,14,16,17). The van der Waals surface area contributed by atoms with Crippen molar-refractivity contribution in [2.24, 2.45) is 5.84 Å². The molecule has 0 saturated heterocycles. The van der Waals surface area contributed by atoms with E-state index in [0.29, 0.717) is 17.3 Å². The minimum absolute atomic E-state index is 0.178. The summed E-state index contributed by atoms with van der Waals surface area (Å²) < 4.78 is 5.59. The smallest absolute Gasteiger partial charge is 0.240 e. The number of ether oxygens (including phenoxy) is 1. The first kappa shape index (κ1) is 12.8. The number of aromatic nitrogens is 2. The number of amides is 1. The summed E-state index contributed by atoms with van der Waals surface area (Å²) in [5, 5.41) is 2.67. The monoisotopic (exact) mass is 259 g/mol. The second-order valence-corrected chi connectivity index (χ2v) is 3.64. The molecule has 0 aliphatic heterocycles. The molecular formula is C12H13N5O2. The molecule has 0 bridgehead atoms. The Morgan fingerprint density at radius 1 is 1.32 bits per heavy atom. The summed E-state index contributed by atoms with van der Waals surface area (Å²) in [6, 6.07) is 8.64. The van der Waals surface area contributed by atoms with Gasteiger partial charge in [0.2, 0.25) is 17.7 Å². The molecule has 19 heavy (non-hydrogen) atoms. The number of hydrogen-bond acceptors (Lipinski definition) is 6. The van der Waals surface area contributed by atoms with E-state index in [2.05, 4.69) is 20.7 Å². The average molecular weight is 259 g/mol.